The van der Waals surface area contributed by atoms with Crippen molar-refractivity contribution in [3.8, 4) is 0 Å². The Labute approximate surface area is 97.7 Å². The van der Waals surface area contributed by atoms with E-state index in [1.54, 1.807) is 0 Å². The van der Waals surface area contributed by atoms with Crippen LogP contribution in [0.15, 0.2) is 30.3 Å². The van der Waals surface area contributed by atoms with Gasteiger partial charge in [-0.3, -0.25) is 0 Å². The smallest absolute Gasteiger partial charge is 0.0818 e. The Bertz CT molecular complexity index is 277. The van der Waals surface area contributed by atoms with E-state index in [9.17, 15) is 5.11 Å². The van der Waals surface area contributed by atoms with Crippen LogP contribution in [0.4, 0.5) is 0 Å². The summed E-state index contributed by atoms with van der Waals surface area (Å²) in [7, 11) is 0. The summed E-state index contributed by atoms with van der Waals surface area (Å²) in [5.41, 5.74) is 7.11. The lowest BCUT2D eigenvalue weighted by atomic mass is 10.0. The number of hydrogen-bond acceptors (Lipinski definition) is 3. The molecule has 0 unspecified atom stereocenters. The van der Waals surface area contributed by atoms with Gasteiger partial charge in [-0.1, -0.05) is 37.3 Å². The third-order valence-electron chi connectivity index (χ3n) is 2.59. The van der Waals surface area contributed by atoms with Gasteiger partial charge < -0.3 is 16.2 Å². The molecule has 3 nitrogen and oxygen atoms in total. The second-order valence-corrected chi connectivity index (χ2v) is 4.13. The molecule has 0 aromatic heterocycles. The first kappa shape index (κ1) is 13.2. The molecular formula is C13H22N2O. The number of aliphatic hydroxyl groups excluding tert-OH is 1. The lowest BCUT2D eigenvalue weighted by Gasteiger charge is -2.19. The molecule has 0 saturated heterocycles. The number of hydrogen-bond donors (Lipinski definition) is 3. The van der Waals surface area contributed by atoms with Crippen molar-refractivity contribution in [1.29, 1.82) is 0 Å². The second kappa shape index (κ2) is 7.39. The van der Waals surface area contributed by atoms with Gasteiger partial charge in [-0.2, -0.15) is 0 Å². The highest BCUT2D eigenvalue weighted by molar-refractivity contribution is 5.16. The molecule has 2 atom stereocenters. The van der Waals surface area contributed by atoms with Crippen LogP contribution in [0.3, 0.4) is 0 Å². The van der Waals surface area contributed by atoms with Crippen LogP contribution < -0.4 is 11.1 Å². The summed E-state index contributed by atoms with van der Waals surface area (Å²) in [6, 6.07) is 9.83. The van der Waals surface area contributed by atoms with Gasteiger partial charge in [0.25, 0.3) is 0 Å². The van der Waals surface area contributed by atoms with E-state index in [2.05, 4.69) is 12.2 Å². The molecule has 0 aliphatic rings. The monoisotopic (exact) mass is 222 g/mol. The van der Waals surface area contributed by atoms with Gasteiger partial charge in [-0.25, -0.2) is 0 Å². The van der Waals surface area contributed by atoms with Gasteiger partial charge >= 0.3 is 0 Å². The Morgan fingerprint density at radius 3 is 2.62 bits per heavy atom. The summed E-state index contributed by atoms with van der Waals surface area (Å²) >= 11 is 0. The van der Waals surface area contributed by atoms with Crippen LogP contribution >= 0.6 is 0 Å². The van der Waals surface area contributed by atoms with E-state index >= 15 is 0 Å². The maximum Gasteiger partial charge on any atom is 0.0818 e. The molecule has 0 aliphatic carbocycles. The highest BCUT2D eigenvalue weighted by atomic mass is 16.3. The van der Waals surface area contributed by atoms with Gasteiger partial charge in [0.2, 0.25) is 0 Å². The molecule has 0 bridgehead atoms. The SMILES string of the molecule is CCCNC[C@@H](O)[C@@H](N)Cc1ccccc1. The van der Waals surface area contributed by atoms with Crippen molar-refractivity contribution in [2.45, 2.75) is 31.9 Å². The fourth-order valence-corrected chi connectivity index (χ4v) is 1.60. The topological polar surface area (TPSA) is 58.3 Å². The van der Waals surface area contributed by atoms with E-state index < -0.39 is 6.10 Å². The van der Waals surface area contributed by atoms with Crippen LogP contribution in [-0.2, 0) is 6.42 Å². The van der Waals surface area contributed by atoms with Crippen molar-refractivity contribution in [3.05, 3.63) is 35.9 Å². The maximum absolute atomic E-state index is 9.82. The Balaban J connectivity index is 2.31. The number of nitrogens with one attached hydrogen (secondary N) is 1. The normalized spacial score (nSPS) is 14.7. The van der Waals surface area contributed by atoms with Gasteiger partial charge in [0, 0.05) is 12.6 Å². The Hall–Kier alpha value is -0.900. The first-order valence-corrected chi connectivity index (χ1v) is 5.92. The zero-order valence-electron chi connectivity index (χ0n) is 9.89. The number of benzene rings is 1. The summed E-state index contributed by atoms with van der Waals surface area (Å²) in [5, 5.41) is 13.0. The van der Waals surface area contributed by atoms with Crippen molar-refractivity contribution in [2.75, 3.05) is 13.1 Å². The van der Waals surface area contributed by atoms with Gasteiger partial charge in [0.1, 0.15) is 0 Å². The van der Waals surface area contributed by atoms with Crippen LogP contribution in [0.1, 0.15) is 18.9 Å². The Morgan fingerprint density at radius 1 is 1.31 bits per heavy atom. The quantitative estimate of drug-likeness (QED) is 0.601. The molecule has 1 aromatic rings. The highest BCUT2D eigenvalue weighted by Gasteiger charge is 2.14. The third kappa shape index (κ3) is 4.75. The molecule has 0 spiro atoms. The van der Waals surface area contributed by atoms with Crippen LogP contribution in [-0.4, -0.2) is 30.3 Å². The molecule has 0 saturated carbocycles. The van der Waals surface area contributed by atoms with E-state index in [0.717, 1.165) is 19.4 Å². The number of nitrogens with two attached hydrogens (primary N) is 1. The highest BCUT2D eigenvalue weighted by Crippen LogP contribution is 2.04. The van der Waals surface area contributed by atoms with Crippen LogP contribution in [0.5, 0.6) is 0 Å². The lowest BCUT2D eigenvalue weighted by Crippen LogP contribution is -2.43. The van der Waals surface area contributed by atoms with E-state index in [1.165, 1.54) is 5.56 Å². The predicted molar refractivity (Wildman–Crippen MR) is 67.3 cm³/mol. The van der Waals surface area contributed by atoms with Gasteiger partial charge in [0.05, 0.1) is 6.10 Å². The Morgan fingerprint density at radius 2 is 2.00 bits per heavy atom. The molecular weight excluding hydrogens is 200 g/mol. The van der Waals surface area contributed by atoms with Crippen molar-refractivity contribution in [2.24, 2.45) is 5.73 Å². The minimum Gasteiger partial charge on any atom is -0.390 e. The summed E-state index contributed by atoms with van der Waals surface area (Å²) in [5.74, 6) is 0. The molecule has 90 valence electrons. The predicted octanol–water partition coefficient (Wildman–Crippen LogP) is 0.917. The summed E-state index contributed by atoms with van der Waals surface area (Å²) < 4.78 is 0. The fourth-order valence-electron chi connectivity index (χ4n) is 1.60. The van der Waals surface area contributed by atoms with Crippen molar-refractivity contribution in [3.63, 3.8) is 0 Å². The van der Waals surface area contributed by atoms with Gasteiger partial charge in [0.15, 0.2) is 0 Å². The van der Waals surface area contributed by atoms with E-state index in [-0.39, 0.29) is 6.04 Å². The fraction of sp³-hybridized carbons (Fsp3) is 0.538. The average Bonchev–Trinajstić information content (AvgIpc) is 2.30. The maximum atomic E-state index is 9.82. The zero-order valence-corrected chi connectivity index (χ0v) is 9.89. The van der Waals surface area contributed by atoms with Crippen LogP contribution in [0.2, 0.25) is 0 Å². The molecule has 0 heterocycles. The van der Waals surface area contributed by atoms with E-state index in [4.69, 9.17) is 5.73 Å². The standard InChI is InChI=1S/C13H22N2O/c1-2-8-15-10-13(16)12(14)9-11-6-4-3-5-7-11/h3-7,12-13,15-16H,2,8-10,14H2,1H3/t12-,13+/m0/s1. The summed E-state index contributed by atoms with van der Waals surface area (Å²) in [6.07, 6.45) is 1.31. The zero-order chi connectivity index (χ0) is 11.8. The number of rotatable bonds is 7. The van der Waals surface area contributed by atoms with Crippen molar-refractivity contribution >= 4 is 0 Å². The van der Waals surface area contributed by atoms with Crippen LogP contribution in [0.25, 0.3) is 0 Å². The second-order valence-electron chi connectivity index (χ2n) is 4.13. The first-order chi connectivity index (χ1) is 7.74. The Kier molecular flexibility index (Phi) is 6.08. The minimum absolute atomic E-state index is 0.202. The van der Waals surface area contributed by atoms with E-state index in [0.29, 0.717) is 6.54 Å². The molecule has 1 rings (SSSR count). The molecule has 0 aliphatic heterocycles. The molecule has 16 heavy (non-hydrogen) atoms. The molecule has 4 N–H and O–H groups in total. The molecule has 3 heteroatoms. The molecule has 1 aromatic carbocycles. The van der Waals surface area contributed by atoms with Crippen LogP contribution in [0, 0.1) is 0 Å². The van der Waals surface area contributed by atoms with E-state index in [1.807, 2.05) is 30.3 Å². The molecule has 0 radical (unpaired) electrons. The minimum atomic E-state index is -0.480. The third-order valence-corrected chi connectivity index (χ3v) is 2.59. The van der Waals surface area contributed by atoms with Crippen molar-refractivity contribution < 1.29 is 5.11 Å². The molecule has 0 fully saturated rings. The first-order valence-electron chi connectivity index (χ1n) is 5.92. The number of aliphatic hydroxyl groups is 1. The lowest BCUT2D eigenvalue weighted by molar-refractivity contribution is 0.142. The summed E-state index contributed by atoms with van der Waals surface area (Å²) in [6.45, 7) is 3.60. The van der Waals surface area contributed by atoms with Gasteiger partial charge in [-0.05, 0) is 24.9 Å². The largest absolute Gasteiger partial charge is 0.390 e. The molecule has 0 amide bonds. The average molecular weight is 222 g/mol. The van der Waals surface area contributed by atoms with Crippen molar-refractivity contribution in [1.82, 2.24) is 5.32 Å². The summed E-state index contributed by atoms with van der Waals surface area (Å²) in [4.78, 5) is 0. The van der Waals surface area contributed by atoms with Gasteiger partial charge in [-0.15, -0.1) is 0 Å².